The quantitative estimate of drug-likeness (QED) is 0.377. The highest BCUT2D eigenvalue weighted by Gasteiger charge is 2.47. The van der Waals surface area contributed by atoms with E-state index in [9.17, 15) is 0 Å². The van der Waals surface area contributed by atoms with E-state index < -0.39 is 24.6 Å². The van der Waals surface area contributed by atoms with Gasteiger partial charge in [0, 0.05) is 0 Å². The molecule has 5 rings (SSSR count). The van der Waals surface area contributed by atoms with Crippen LogP contribution in [-0.2, 0) is 27.4 Å². The van der Waals surface area contributed by atoms with E-state index in [2.05, 4.69) is 15.0 Å². The SMILES string of the molecule is Nc1nc(Cl)nc2c1ncn2[C@@H]1O[C@H](COCc2ccccc2)[C@@H](OCc2ccccc2)[C@@H]1F. The number of halogens is 2. The fourth-order valence-electron chi connectivity index (χ4n) is 3.98. The van der Waals surface area contributed by atoms with Crippen molar-refractivity contribution in [2.24, 2.45) is 0 Å². The predicted molar refractivity (Wildman–Crippen MR) is 125 cm³/mol. The first-order chi connectivity index (χ1) is 16.6. The third-order valence-corrected chi connectivity index (χ3v) is 5.81. The number of rotatable bonds is 8. The van der Waals surface area contributed by atoms with Crippen molar-refractivity contribution in [3.8, 4) is 0 Å². The highest BCUT2D eigenvalue weighted by Crippen LogP contribution is 2.36. The number of imidazole rings is 1. The van der Waals surface area contributed by atoms with Gasteiger partial charge in [-0.25, -0.2) is 9.37 Å². The lowest BCUT2D eigenvalue weighted by Gasteiger charge is -2.20. The molecule has 176 valence electrons. The Kier molecular flexibility index (Phi) is 6.68. The van der Waals surface area contributed by atoms with Crippen LogP contribution in [0.15, 0.2) is 67.0 Å². The van der Waals surface area contributed by atoms with Crippen LogP contribution in [0, 0.1) is 0 Å². The Morgan fingerprint density at radius 1 is 1.00 bits per heavy atom. The number of benzene rings is 2. The molecule has 8 nitrogen and oxygen atoms in total. The van der Waals surface area contributed by atoms with Gasteiger partial charge in [-0.2, -0.15) is 9.97 Å². The van der Waals surface area contributed by atoms with Crippen LogP contribution >= 0.6 is 11.6 Å². The zero-order chi connectivity index (χ0) is 23.5. The maximum atomic E-state index is 15.8. The molecule has 34 heavy (non-hydrogen) atoms. The maximum absolute atomic E-state index is 15.8. The number of alkyl halides is 1. The van der Waals surface area contributed by atoms with Crippen molar-refractivity contribution in [2.45, 2.75) is 37.8 Å². The molecular weight excluding hydrogens is 461 g/mol. The topological polar surface area (TPSA) is 97.3 Å². The first kappa shape index (κ1) is 22.7. The number of ether oxygens (including phenoxy) is 3. The monoisotopic (exact) mass is 483 g/mol. The van der Waals surface area contributed by atoms with Crippen LogP contribution in [0.2, 0.25) is 5.28 Å². The second kappa shape index (κ2) is 10.0. The van der Waals surface area contributed by atoms with E-state index in [4.69, 9.17) is 31.5 Å². The summed E-state index contributed by atoms with van der Waals surface area (Å²) in [6.07, 6.45) is -2.65. The fraction of sp³-hybridized carbons (Fsp3) is 0.292. The van der Waals surface area contributed by atoms with Gasteiger partial charge in [-0.3, -0.25) is 4.57 Å². The normalized spacial score (nSPS) is 22.4. The molecular formula is C24H23ClFN5O3. The molecule has 2 aromatic heterocycles. The number of hydrogen-bond donors (Lipinski definition) is 1. The summed E-state index contributed by atoms with van der Waals surface area (Å²) in [6, 6.07) is 19.3. The lowest BCUT2D eigenvalue weighted by molar-refractivity contribution is -0.0819. The third kappa shape index (κ3) is 4.74. The molecule has 0 aliphatic carbocycles. The zero-order valence-electron chi connectivity index (χ0n) is 18.1. The minimum Gasteiger partial charge on any atom is -0.382 e. The van der Waals surface area contributed by atoms with Crippen LogP contribution in [0.5, 0.6) is 0 Å². The average molecular weight is 484 g/mol. The Balaban J connectivity index is 1.36. The van der Waals surface area contributed by atoms with E-state index in [1.54, 1.807) is 0 Å². The van der Waals surface area contributed by atoms with Crippen LogP contribution in [0.3, 0.4) is 0 Å². The summed E-state index contributed by atoms with van der Waals surface area (Å²) in [4.78, 5) is 12.3. The van der Waals surface area contributed by atoms with Crippen molar-refractivity contribution in [2.75, 3.05) is 12.3 Å². The molecule has 0 spiro atoms. The van der Waals surface area contributed by atoms with Crippen molar-refractivity contribution in [3.05, 3.63) is 83.4 Å². The fourth-order valence-corrected chi connectivity index (χ4v) is 4.15. The molecule has 1 aliphatic rings. The molecule has 0 saturated carbocycles. The molecule has 1 fully saturated rings. The average Bonchev–Trinajstić information content (AvgIpc) is 3.40. The number of nitrogens with two attached hydrogens (primary N) is 1. The van der Waals surface area contributed by atoms with Gasteiger partial charge in [0.15, 0.2) is 23.9 Å². The summed E-state index contributed by atoms with van der Waals surface area (Å²) in [5, 5.41) is -0.0558. The Morgan fingerprint density at radius 3 is 2.38 bits per heavy atom. The molecule has 3 heterocycles. The smallest absolute Gasteiger partial charge is 0.226 e. The summed E-state index contributed by atoms with van der Waals surface area (Å²) in [7, 11) is 0. The Bertz CT molecular complexity index is 1240. The van der Waals surface area contributed by atoms with Crippen LogP contribution in [0.4, 0.5) is 10.2 Å². The maximum Gasteiger partial charge on any atom is 0.226 e. The molecule has 0 bridgehead atoms. The van der Waals surface area contributed by atoms with Crippen molar-refractivity contribution in [1.82, 2.24) is 19.5 Å². The number of hydrogen-bond acceptors (Lipinski definition) is 7. The summed E-state index contributed by atoms with van der Waals surface area (Å²) in [6.45, 7) is 0.764. The van der Waals surface area contributed by atoms with E-state index in [-0.39, 0.29) is 30.0 Å². The molecule has 2 aromatic carbocycles. The molecule has 0 amide bonds. The molecule has 1 aliphatic heterocycles. The largest absolute Gasteiger partial charge is 0.382 e. The summed E-state index contributed by atoms with van der Waals surface area (Å²) >= 11 is 5.97. The van der Waals surface area contributed by atoms with Crippen LogP contribution < -0.4 is 5.73 Å². The van der Waals surface area contributed by atoms with E-state index in [1.165, 1.54) is 10.9 Å². The van der Waals surface area contributed by atoms with Crippen LogP contribution in [0.1, 0.15) is 17.4 Å². The third-order valence-electron chi connectivity index (χ3n) is 5.64. The van der Waals surface area contributed by atoms with E-state index >= 15 is 4.39 Å². The standard InChI is InChI=1S/C24H23ClFN5O3/c25-24-29-21(27)19-22(30-24)31(14-28-19)23-18(26)20(33-12-16-9-5-2-6-10-16)17(34-23)13-32-11-15-7-3-1-4-8-15/h1-10,14,17-18,20,23H,11-13H2,(H2,27,29,30)/t17-,18+,20-,23-/m1/s1. The van der Waals surface area contributed by atoms with E-state index in [1.807, 2.05) is 60.7 Å². The highest BCUT2D eigenvalue weighted by atomic mass is 35.5. The summed E-state index contributed by atoms with van der Waals surface area (Å²) in [5.41, 5.74) is 8.46. The second-order valence-electron chi connectivity index (χ2n) is 7.97. The Hall–Kier alpha value is -3.11. The minimum absolute atomic E-state index is 0.0558. The van der Waals surface area contributed by atoms with Crippen molar-refractivity contribution in [1.29, 1.82) is 0 Å². The van der Waals surface area contributed by atoms with Gasteiger partial charge in [-0.05, 0) is 22.7 Å². The van der Waals surface area contributed by atoms with Crippen molar-refractivity contribution in [3.63, 3.8) is 0 Å². The molecule has 1 saturated heterocycles. The molecule has 10 heteroatoms. The molecule has 4 atom stereocenters. The lowest BCUT2D eigenvalue weighted by Crippen LogP contribution is -2.34. The van der Waals surface area contributed by atoms with Crippen LogP contribution in [0.25, 0.3) is 11.2 Å². The van der Waals surface area contributed by atoms with Gasteiger partial charge < -0.3 is 19.9 Å². The van der Waals surface area contributed by atoms with Gasteiger partial charge in [0.1, 0.15) is 17.7 Å². The molecule has 4 aromatic rings. The van der Waals surface area contributed by atoms with Crippen LogP contribution in [-0.4, -0.2) is 44.5 Å². The highest BCUT2D eigenvalue weighted by molar-refractivity contribution is 6.28. The Labute approximate surface area is 200 Å². The first-order valence-corrected chi connectivity index (χ1v) is 11.2. The second-order valence-corrected chi connectivity index (χ2v) is 8.31. The zero-order valence-corrected chi connectivity index (χ0v) is 18.9. The molecule has 2 N–H and O–H groups in total. The van der Waals surface area contributed by atoms with Crippen molar-refractivity contribution < 1.29 is 18.6 Å². The number of aromatic nitrogens is 4. The van der Waals surface area contributed by atoms with Crippen molar-refractivity contribution >= 4 is 28.6 Å². The van der Waals surface area contributed by atoms with Gasteiger partial charge >= 0.3 is 0 Å². The first-order valence-electron chi connectivity index (χ1n) is 10.8. The number of nitrogen functional groups attached to an aromatic ring is 1. The predicted octanol–water partition coefficient (Wildman–Crippen LogP) is 4.10. The number of nitrogens with zero attached hydrogens (tertiary/aromatic N) is 4. The van der Waals surface area contributed by atoms with Gasteiger partial charge in [0.05, 0.1) is 26.1 Å². The van der Waals surface area contributed by atoms with E-state index in [0.717, 1.165) is 11.1 Å². The van der Waals surface area contributed by atoms with E-state index in [0.29, 0.717) is 12.1 Å². The Morgan fingerprint density at radius 2 is 1.68 bits per heavy atom. The molecule has 0 radical (unpaired) electrons. The molecule has 0 unspecified atom stereocenters. The number of fused-ring (bicyclic) bond motifs is 1. The number of anilines is 1. The minimum atomic E-state index is -1.51. The lowest BCUT2D eigenvalue weighted by atomic mass is 10.1. The van der Waals surface area contributed by atoms with Gasteiger partial charge in [-0.15, -0.1) is 0 Å². The van der Waals surface area contributed by atoms with Gasteiger partial charge in [0.25, 0.3) is 0 Å². The summed E-state index contributed by atoms with van der Waals surface area (Å²) in [5.74, 6) is 0.113. The van der Waals surface area contributed by atoms with Gasteiger partial charge in [-0.1, -0.05) is 60.7 Å². The van der Waals surface area contributed by atoms with Gasteiger partial charge in [0.2, 0.25) is 5.28 Å². The summed E-state index contributed by atoms with van der Waals surface area (Å²) < 4.78 is 35.2.